The predicted molar refractivity (Wildman–Crippen MR) is 62.0 cm³/mol. The smallest absolute Gasteiger partial charge is 0.325 e. The molecular formula is C12H12N4O2. The van der Waals surface area contributed by atoms with Crippen LogP contribution < -0.4 is 0 Å². The standard InChI is InChI=1S/C12H12N4O2/c17-11(18)7-16-12(13-14-15-16)10-6-9(10)8-4-2-1-3-5-8/h1-5,9-10H,6-7H2,(H,17,18). The van der Waals surface area contributed by atoms with Crippen molar-refractivity contribution in [1.82, 2.24) is 20.2 Å². The van der Waals surface area contributed by atoms with E-state index in [0.29, 0.717) is 11.7 Å². The third-order valence-corrected chi connectivity index (χ3v) is 3.19. The molecule has 0 saturated heterocycles. The van der Waals surface area contributed by atoms with E-state index in [-0.39, 0.29) is 12.5 Å². The Morgan fingerprint density at radius 3 is 2.83 bits per heavy atom. The normalized spacial score (nSPS) is 21.8. The number of tetrazole rings is 1. The highest BCUT2D eigenvalue weighted by molar-refractivity contribution is 5.66. The Morgan fingerprint density at radius 1 is 1.33 bits per heavy atom. The van der Waals surface area contributed by atoms with Crippen molar-refractivity contribution in [3.05, 3.63) is 41.7 Å². The summed E-state index contributed by atoms with van der Waals surface area (Å²) in [6.45, 7) is -0.180. The second-order valence-electron chi connectivity index (χ2n) is 4.45. The quantitative estimate of drug-likeness (QED) is 0.868. The van der Waals surface area contributed by atoms with E-state index < -0.39 is 5.97 Å². The second-order valence-corrected chi connectivity index (χ2v) is 4.45. The van der Waals surface area contributed by atoms with Crippen molar-refractivity contribution < 1.29 is 9.90 Å². The van der Waals surface area contributed by atoms with E-state index >= 15 is 0 Å². The van der Waals surface area contributed by atoms with Crippen molar-refractivity contribution in [2.75, 3.05) is 0 Å². The molecule has 1 aliphatic carbocycles. The van der Waals surface area contributed by atoms with Crippen LogP contribution in [0.15, 0.2) is 30.3 Å². The Kier molecular flexibility index (Phi) is 2.55. The van der Waals surface area contributed by atoms with Gasteiger partial charge < -0.3 is 5.11 Å². The van der Waals surface area contributed by atoms with Crippen LogP contribution in [0.25, 0.3) is 0 Å². The highest BCUT2D eigenvalue weighted by atomic mass is 16.4. The monoisotopic (exact) mass is 244 g/mol. The van der Waals surface area contributed by atoms with Crippen molar-refractivity contribution in [2.24, 2.45) is 0 Å². The molecule has 2 unspecified atom stereocenters. The van der Waals surface area contributed by atoms with Crippen LogP contribution >= 0.6 is 0 Å². The first kappa shape index (κ1) is 10.9. The number of aromatic nitrogens is 4. The topological polar surface area (TPSA) is 80.9 Å². The lowest BCUT2D eigenvalue weighted by atomic mass is 10.1. The Hall–Kier alpha value is -2.24. The van der Waals surface area contributed by atoms with Crippen molar-refractivity contribution in [3.8, 4) is 0 Å². The minimum atomic E-state index is -0.930. The Bertz CT molecular complexity index is 566. The third kappa shape index (κ3) is 1.97. The van der Waals surface area contributed by atoms with Gasteiger partial charge in [0.2, 0.25) is 0 Å². The zero-order valence-corrected chi connectivity index (χ0v) is 9.60. The van der Waals surface area contributed by atoms with Crippen LogP contribution in [0.5, 0.6) is 0 Å². The molecule has 92 valence electrons. The maximum Gasteiger partial charge on any atom is 0.325 e. The molecule has 2 atom stereocenters. The molecule has 2 aromatic rings. The van der Waals surface area contributed by atoms with Gasteiger partial charge in [0.1, 0.15) is 6.54 Å². The fraction of sp³-hybridized carbons (Fsp3) is 0.333. The molecule has 1 aromatic carbocycles. The average Bonchev–Trinajstić information content (AvgIpc) is 3.04. The number of carboxylic acid groups (broad SMARTS) is 1. The molecule has 6 heteroatoms. The first-order valence-electron chi connectivity index (χ1n) is 5.78. The van der Waals surface area contributed by atoms with Crippen molar-refractivity contribution >= 4 is 5.97 Å². The van der Waals surface area contributed by atoms with E-state index in [0.717, 1.165) is 6.42 Å². The summed E-state index contributed by atoms with van der Waals surface area (Å²) < 4.78 is 1.37. The molecule has 0 amide bonds. The van der Waals surface area contributed by atoms with Crippen LogP contribution in [0.2, 0.25) is 0 Å². The van der Waals surface area contributed by atoms with Crippen molar-refractivity contribution in [1.29, 1.82) is 0 Å². The van der Waals surface area contributed by atoms with Gasteiger partial charge in [-0.05, 0) is 28.3 Å². The second kappa shape index (κ2) is 4.21. The van der Waals surface area contributed by atoms with Crippen LogP contribution in [-0.4, -0.2) is 31.3 Å². The fourth-order valence-electron chi connectivity index (χ4n) is 2.27. The number of hydrogen-bond donors (Lipinski definition) is 1. The Morgan fingerprint density at radius 2 is 2.11 bits per heavy atom. The van der Waals surface area contributed by atoms with Gasteiger partial charge in [-0.25, -0.2) is 4.68 Å². The number of aliphatic carboxylic acids is 1. The molecule has 0 radical (unpaired) electrons. The first-order chi connectivity index (χ1) is 8.75. The summed E-state index contributed by atoms with van der Waals surface area (Å²) in [7, 11) is 0. The number of carboxylic acids is 1. The van der Waals surface area contributed by atoms with E-state index in [1.165, 1.54) is 10.2 Å². The SMILES string of the molecule is O=C(O)Cn1nnnc1C1CC1c1ccccc1. The molecule has 1 fully saturated rings. The summed E-state index contributed by atoms with van der Waals surface area (Å²) in [5.74, 6) is 0.387. The lowest BCUT2D eigenvalue weighted by Crippen LogP contribution is -2.13. The summed E-state index contributed by atoms with van der Waals surface area (Å²) in [6.07, 6.45) is 0.976. The molecule has 3 rings (SSSR count). The van der Waals surface area contributed by atoms with Gasteiger partial charge >= 0.3 is 5.97 Å². The average molecular weight is 244 g/mol. The zero-order chi connectivity index (χ0) is 12.5. The van der Waals surface area contributed by atoms with Crippen LogP contribution in [-0.2, 0) is 11.3 Å². The molecule has 1 aliphatic rings. The summed E-state index contributed by atoms with van der Waals surface area (Å²) in [5.41, 5.74) is 1.26. The van der Waals surface area contributed by atoms with Crippen molar-refractivity contribution in [3.63, 3.8) is 0 Å². The van der Waals surface area contributed by atoms with Crippen LogP contribution in [0.4, 0.5) is 0 Å². The van der Waals surface area contributed by atoms with Gasteiger partial charge in [-0.3, -0.25) is 4.79 Å². The molecular weight excluding hydrogens is 232 g/mol. The largest absolute Gasteiger partial charge is 0.480 e. The highest BCUT2D eigenvalue weighted by Crippen LogP contribution is 2.53. The highest BCUT2D eigenvalue weighted by Gasteiger charge is 2.43. The molecule has 0 spiro atoms. The molecule has 0 aliphatic heterocycles. The van der Waals surface area contributed by atoms with Crippen LogP contribution in [0.1, 0.15) is 29.6 Å². The third-order valence-electron chi connectivity index (χ3n) is 3.19. The van der Waals surface area contributed by atoms with E-state index in [2.05, 4.69) is 27.7 Å². The zero-order valence-electron chi connectivity index (χ0n) is 9.60. The minimum Gasteiger partial charge on any atom is -0.480 e. The van der Waals surface area contributed by atoms with E-state index in [4.69, 9.17) is 5.11 Å². The van der Waals surface area contributed by atoms with E-state index in [1.54, 1.807) is 0 Å². The van der Waals surface area contributed by atoms with E-state index in [9.17, 15) is 4.79 Å². The summed E-state index contributed by atoms with van der Waals surface area (Å²) in [4.78, 5) is 10.7. The van der Waals surface area contributed by atoms with Gasteiger partial charge in [0, 0.05) is 5.92 Å². The Labute approximate surface area is 103 Å². The molecule has 6 nitrogen and oxygen atoms in total. The lowest BCUT2D eigenvalue weighted by molar-refractivity contribution is -0.138. The number of carbonyl (C=O) groups is 1. The Balaban J connectivity index is 1.79. The van der Waals surface area contributed by atoms with Gasteiger partial charge in [0.15, 0.2) is 5.82 Å². The maximum absolute atomic E-state index is 10.7. The molecule has 1 aromatic heterocycles. The van der Waals surface area contributed by atoms with Crippen LogP contribution in [0.3, 0.4) is 0 Å². The number of rotatable bonds is 4. The molecule has 0 bridgehead atoms. The summed E-state index contributed by atoms with van der Waals surface area (Å²) >= 11 is 0. The fourth-order valence-corrected chi connectivity index (χ4v) is 2.27. The van der Waals surface area contributed by atoms with Gasteiger partial charge in [-0.2, -0.15) is 0 Å². The van der Waals surface area contributed by atoms with Gasteiger partial charge in [0.05, 0.1) is 0 Å². The number of benzene rings is 1. The van der Waals surface area contributed by atoms with E-state index in [1.807, 2.05) is 18.2 Å². The molecule has 1 saturated carbocycles. The van der Waals surface area contributed by atoms with Gasteiger partial charge in [-0.15, -0.1) is 5.10 Å². The first-order valence-corrected chi connectivity index (χ1v) is 5.78. The van der Waals surface area contributed by atoms with Gasteiger partial charge in [-0.1, -0.05) is 30.3 Å². The minimum absolute atomic E-state index is 0.180. The molecule has 18 heavy (non-hydrogen) atoms. The summed E-state index contributed by atoms with van der Waals surface area (Å²) in [6, 6.07) is 10.2. The summed E-state index contributed by atoms with van der Waals surface area (Å²) in [5, 5.41) is 20.0. The lowest BCUT2D eigenvalue weighted by Gasteiger charge is -2.01. The van der Waals surface area contributed by atoms with Crippen molar-refractivity contribution in [2.45, 2.75) is 24.8 Å². The number of nitrogens with zero attached hydrogens (tertiary/aromatic N) is 4. The molecule has 1 N–H and O–H groups in total. The predicted octanol–water partition coefficient (Wildman–Crippen LogP) is 1.03. The molecule has 1 heterocycles. The number of hydrogen-bond acceptors (Lipinski definition) is 4. The van der Waals surface area contributed by atoms with Crippen LogP contribution in [0, 0.1) is 0 Å². The van der Waals surface area contributed by atoms with Gasteiger partial charge in [0.25, 0.3) is 0 Å². The maximum atomic E-state index is 10.7.